The first-order valence-electron chi connectivity index (χ1n) is 7.51. The molecule has 126 valence electrons. The minimum atomic E-state index is -0.380. The molecule has 0 unspecified atom stereocenters. The summed E-state index contributed by atoms with van der Waals surface area (Å²) in [6.45, 7) is 0. The number of H-pyrrole nitrogens is 2. The van der Waals surface area contributed by atoms with Crippen molar-refractivity contribution in [3.63, 3.8) is 0 Å². The molecular formula is C19H15ClN2O3. The summed E-state index contributed by atoms with van der Waals surface area (Å²) in [5.41, 5.74) is 0.777. The topological polar surface area (TPSA) is 75.0 Å². The zero-order chi connectivity index (χ0) is 17.8. The molecule has 0 saturated heterocycles. The summed E-state index contributed by atoms with van der Waals surface area (Å²) < 4.78 is 5.09. The number of methoxy groups -OCH3 is 1. The third kappa shape index (κ3) is 4.08. The van der Waals surface area contributed by atoms with Gasteiger partial charge in [0.15, 0.2) is 0 Å². The average Bonchev–Trinajstić information content (AvgIpc) is 2.62. The van der Waals surface area contributed by atoms with Crippen LogP contribution in [0.15, 0.2) is 58.1 Å². The van der Waals surface area contributed by atoms with E-state index in [1.54, 1.807) is 67.8 Å². The quantitative estimate of drug-likeness (QED) is 0.746. The molecule has 1 aromatic heterocycles. The first-order valence-corrected chi connectivity index (χ1v) is 7.89. The Kier molecular flexibility index (Phi) is 4.86. The number of ether oxygens (including phenoxy) is 1. The normalized spacial score (nSPS) is 12.4. The van der Waals surface area contributed by atoms with E-state index in [1.165, 1.54) is 0 Å². The maximum Gasteiger partial charge on any atom is 0.272 e. The molecule has 0 bridgehead atoms. The van der Waals surface area contributed by atoms with E-state index in [0.29, 0.717) is 10.8 Å². The maximum atomic E-state index is 12.2. The molecule has 0 amide bonds. The van der Waals surface area contributed by atoms with Gasteiger partial charge in [0, 0.05) is 5.02 Å². The van der Waals surface area contributed by atoms with Gasteiger partial charge in [-0.3, -0.25) is 9.59 Å². The Balaban J connectivity index is 2.05. The average molecular weight is 355 g/mol. The van der Waals surface area contributed by atoms with Crippen LogP contribution in [0.4, 0.5) is 0 Å². The molecule has 0 radical (unpaired) electrons. The number of aromatic nitrogens is 2. The number of rotatable bonds is 3. The second-order valence-corrected chi connectivity index (χ2v) is 5.79. The maximum absolute atomic E-state index is 12.2. The third-order valence-corrected chi connectivity index (χ3v) is 3.85. The van der Waals surface area contributed by atoms with E-state index >= 15 is 0 Å². The number of aromatic amines is 2. The highest BCUT2D eigenvalue weighted by Crippen LogP contribution is 2.11. The third-order valence-electron chi connectivity index (χ3n) is 3.59. The fourth-order valence-electron chi connectivity index (χ4n) is 2.29. The van der Waals surface area contributed by atoms with Gasteiger partial charge in [0.05, 0.1) is 7.11 Å². The molecule has 2 N–H and O–H groups in total. The van der Waals surface area contributed by atoms with Crippen molar-refractivity contribution in [3.8, 4) is 5.75 Å². The number of hydrogen-bond donors (Lipinski definition) is 2. The molecule has 3 rings (SSSR count). The number of halogens is 1. The Morgan fingerprint density at radius 2 is 1.24 bits per heavy atom. The van der Waals surface area contributed by atoms with E-state index in [0.717, 1.165) is 11.1 Å². The Labute approximate surface area is 147 Å². The molecule has 5 nitrogen and oxygen atoms in total. The van der Waals surface area contributed by atoms with Crippen molar-refractivity contribution in [1.29, 1.82) is 0 Å². The number of benzene rings is 2. The number of nitrogens with one attached hydrogen (secondary N) is 2. The highest BCUT2D eigenvalue weighted by molar-refractivity contribution is 6.30. The minimum absolute atomic E-state index is 0.180. The molecule has 2 aromatic carbocycles. The Bertz CT molecular complexity index is 1110. The van der Waals surface area contributed by atoms with Crippen LogP contribution in [0.1, 0.15) is 11.1 Å². The molecular weight excluding hydrogens is 340 g/mol. The lowest BCUT2D eigenvalue weighted by Gasteiger charge is -1.99. The summed E-state index contributed by atoms with van der Waals surface area (Å²) in [6, 6.07) is 14.1. The van der Waals surface area contributed by atoms with Gasteiger partial charge in [0.2, 0.25) is 0 Å². The molecule has 0 atom stereocenters. The molecule has 0 fully saturated rings. The largest absolute Gasteiger partial charge is 0.497 e. The molecule has 3 aromatic rings. The van der Waals surface area contributed by atoms with Gasteiger partial charge in [0.1, 0.15) is 16.4 Å². The van der Waals surface area contributed by atoms with Gasteiger partial charge in [-0.1, -0.05) is 35.9 Å². The second kappa shape index (κ2) is 7.23. The molecule has 1 heterocycles. The van der Waals surface area contributed by atoms with Crippen molar-refractivity contribution in [3.05, 3.63) is 96.1 Å². The zero-order valence-electron chi connectivity index (χ0n) is 13.4. The second-order valence-electron chi connectivity index (χ2n) is 5.35. The van der Waals surface area contributed by atoms with Crippen molar-refractivity contribution in [2.24, 2.45) is 0 Å². The summed E-state index contributed by atoms with van der Waals surface area (Å²) in [5, 5.41) is 0.964. The lowest BCUT2D eigenvalue weighted by atomic mass is 10.2. The minimum Gasteiger partial charge on any atom is -0.497 e. The van der Waals surface area contributed by atoms with Crippen molar-refractivity contribution in [2.75, 3.05) is 7.11 Å². The fraction of sp³-hybridized carbons (Fsp3) is 0.0526. The van der Waals surface area contributed by atoms with Crippen LogP contribution in [0.3, 0.4) is 0 Å². The first-order chi connectivity index (χ1) is 12.0. The monoisotopic (exact) mass is 354 g/mol. The molecule has 0 aliphatic rings. The standard InChI is InChI=1S/C19H15ClN2O3/c1-25-15-8-4-13(5-9-15)11-17-19(24)21-16(18(23)22-17)10-12-2-6-14(20)7-3-12/h2-11H,1H3,(H,21,24)(H,22,23)/b16-10-,17-11+. The van der Waals surface area contributed by atoms with Crippen LogP contribution in [-0.4, -0.2) is 17.1 Å². The van der Waals surface area contributed by atoms with Crippen LogP contribution in [0.2, 0.25) is 5.02 Å². The van der Waals surface area contributed by atoms with Gasteiger partial charge in [-0.15, -0.1) is 0 Å². The molecule has 0 aliphatic heterocycles. The fourth-order valence-corrected chi connectivity index (χ4v) is 2.41. The molecule has 25 heavy (non-hydrogen) atoms. The van der Waals surface area contributed by atoms with Crippen molar-refractivity contribution >= 4 is 23.8 Å². The highest BCUT2D eigenvalue weighted by Gasteiger charge is 1.98. The Hall–Kier alpha value is -3.05. The van der Waals surface area contributed by atoms with E-state index in [2.05, 4.69) is 9.97 Å². The molecule has 6 heteroatoms. The number of hydrogen-bond acceptors (Lipinski definition) is 3. The zero-order valence-corrected chi connectivity index (χ0v) is 14.1. The highest BCUT2D eigenvalue weighted by atomic mass is 35.5. The van der Waals surface area contributed by atoms with Gasteiger partial charge in [-0.05, 0) is 47.5 Å². The van der Waals surface area contributed by atoms with Gasteiger partial charge >= 0.3 is 0 Å². The van der Waals surface area contributed by atoms with Gasteiger partial charge in [0.25, 0.3) is 11.1 Å². The Morgan fingerprint density at radius 1 is 0.800 bits per heavy atom. The van der Waals surface area contributed by atoms with Crippen LogP contribution in [0.5, 0.6) is 5.75 Å². The van der Waals surface area contributed by atoms with E-state index in [1.807, 2.05) is 0 Å². The van der Waals surface area contributed by atoms with Crippen molar-refractivity contribution in [1.82, 2.24) is 9.97 Å². The van der Waals surface area contributed by atoms with Crippen LogP contribution < -0.4 is 26.6 Å². The van der Waals surface area contributed by atoms with E-state index in [9.17, 15) is 9.59 Å². The Morgan fingerprint density at radius 3 is 1.68 bits per heavy atom. The predicted molar refractivity (Wildman–Crippen MR) is 98.5 cm³/mol. The van der Waals surface area contributed by atoms with Crippen LogP contribution in [-0.2, 0) is 0 Å². The molecule has 0 saturated carbocycles. The summed E-state index contributed by atoms with van der Waals surface area (Å²) in [7, 11) is 1.58. The van der Waals surface area contributed by atoms with Crippen LogP contribution in [0.25, 0.3) is 12.2 Å². The van der Waals surface area contributed by atoms with Crippen molar-refractivity contribution in [2.45, 2.75) is 0 Å². The van der Waals surface area contributed by atoms with E-state index in [4.69, 9.17) is 16.3 Å². The van der Waals surface area contributed by atoms with Gasteiger partial charge in [-0.25, -0.2) is 0 Å². The van der Waals surface area contributed by atoms with Crippen LogP contribution >= 0.6 is 11.6 Å². The lowest BCUT2D eigenvalue weighted by Crippen LogP contribution is -2.46. The van der Waals surface area contributed by atoms with Gasteiger partial charge < -0.3 is 14.7 Å². The predicted octanol–water partition coefficient (Wildman–Crippen LogP) is 1.38. The summed E-state index contributed by atoms with van der Waals surface area (Å²) >= 11 is 5.84. The molecule has 0 spiro atoms. The van der Waals surface area contributed by atoms with E-state index in [-0.39, 0.29) is 21.8 Å². The summed E-state index contributed by atoms with van der Waals surface area (Å²) in [6.07, 6.45) is 3.19. The summed E-state index contributed by atoms with van der Waals surface area (Å²) in [4.78, 5) is 29.7. The van der Waals surface area contributed by atoms with Gasteiger partial charge in [-0.2, -0.15) is 0 Å². The van der Waals surface area contributed by atoms with Crippen molar-refractivity contribution < 1.29 is 4.74 Å². The lowest BCUT2D eigenvalue weighted by molar-refractivity contribution is 0.415. The van der Waals surface area contributed by atoms with Crippen LogP contribution in [0, 0.1) is 0 Å². The smallest absolute Gasteiger partial charge is 0.272 e. The molecule has 0 aliphatic carbocycles. The SMILES string of the molecule is COc1ccc(/C=c2/[nH]c(=O)/c(=C/c3ccc(Cl)cc3)[nH]c2=O)cc1. The first kappa shape index (κ1) is 16.8. The summed E-state index contributed by atoms with van der Waals surface area (Å²) in [5.74, 6) is 0.715. The van der Waals surface area contributed by atoms with E-state index < -0.39 is 0 Å².